The maximum Gasteiger partial charge on any atom is 0.0992 e. The highest BCUT2D eigenvalue weighted by Gasteiger charge is 2.14. The Morgan fingerprint density at radius 1 is 1.44 bits per heavy atom. The summed E-state index contributed by atoms with van der Waals surface area (Å²) >= 11 is 0. The first-order valence-electron chi connectivity index (χ1n) is 6.47. The van der Waals surface area contributed by atoms with Crippen molar-refractivity contribution in [3.63, 3.8) is 0 Å². The molecule has 0 aromatic heterocycles. The highest BCUT2D eigenvalue weighted by Crippen LogP contribution is 2.20. The van der Waals surface area contributed by atoms with Gasteiger partial charge in [0.05, 0.1) is 23.0 Å². The minimum absolute atomic E-state index is 0.360. The number of nitrogens with zero attached hydrogens (tertiary/aromatic N) is 2. The number of nitriles is 1. The molecule has 1 aromatic carbocycles. The van der Waals surface area contributed by atoms with Gasteiger partial charge in [-0.25, -0.2) is 0 Å². The second-order valence-corrected chi connectivity index (χ2v) is 4.97. The lowest BCUT2D eigenvalue weighted by molar-refractivity contribution is 0.328. The van der Waals surface area contributed by atoms with E-state index in [0.29, 0.717) is 17.3 Å². The van der Waals surface area contributed by atoms with Crippen LogP contribution in [0.4, 0.5) is 11.4 Å². The summed E-state index contributed by atoms with van der Waals surface area (Å²) in [6.45, 7) is 5.61. The van der Waals surface area contributed by atoms with Crippen LogP contribution in [0.1, 0.15) is 25.3 Å². The summed E-state index contributed by atoms with van der Waals surface area (Å²) in [4.78, 5) is 2.47. The van der Waals surface area contributed by atoms with Crippen molar-refractivity contribution in [1.82, 2.24) is 4.90 Å². The van der Waals surface area contributed by atoms with E-state index in [1.807, 2.05) is 6.07 Å². The molecule has 0 aliphatic carbocycles. The Bertz CT molecular complexity index is 444. The van der Waals surface area contributed by atoms with Gasteiger partial charge in [-0.15, -0.1) is 0 Å². The second-order valence-electron chi connectivity index (χ2n) is 4.97. The van der Waals surface area contributed by atoms with E-state index < -0.39 is 0 Å². The lowest BCUT2D eigenvalue weighted by atomic mass is 10.1. The van der Waals surface area contributed by atoms with Crippen LogP contribution in [-0.2, 0) is 0 Å². The number of benzene rings is 1. The Labute approximate surface area is 108 Å². The summed E-state index contributed by atoms with van der Waals surface area (Å²) in [6, 6.07) is 7.84. The van der Waals surface area contributed by atoms with Crippen LogP contribution < -0.4 is 11.1 Å². The average molecular weight is 244 g/mol. The van der Waals surface area contributed by atoms with Crippen molar-refractivity contribution in [3.05, 3.63) is 23.8 Å². The molecule has 1 aliphatic heterocycles. The number of likely N-dealkylation sites (tertiary alicyclic amines) is 1. The van der Waals surface area contributed by atoms with Crippen LogP contribution in [0.15, 0.2) is 18.2 Å². The third-order valence-corrected chi connectivity index (χ3v) is 3.31. The van der Waals surface area contributed by atoms with E-state index in [1.165, 1.54) is 25.9 Å². The van der Waals surface area contributed by atoms with Crippen molar-refractivity contribution in [2.75, 3.05) is 30.7 Å². The van der Waals surface area contributed by atoms with Gasteiger partial charge in [0, 0.05) is 12.6 Å². The first kappa shape index (κ1) is 12.7. The van der Waals surface area contributed by atoms with Gasteiger partial charge in [0.15, 0.2) is 0 Å². The highest BCUT2D eigenvalue weighted by molar-refractivity contribution is 5.68. The Balaban J connectivity index is 1.94. The zero-order valence-corrected chi connectivity index (χ0v) is 10.8. The van der Waals surface area contributed by atoms with Crippen molar-refractivity contribution in [2.24, 2.45) is 0 Å². The summed E-state index contributed by atoms with van der Waals surface area (Å²) in [5.74, 6) is 0. The highest BCUT2D eigenvalue weighted by atomic mass is 15.2. The van der Waals surface area contributed by atoms with Crippen LogP contribution >= 0.6 is 0 Å². The molecular weight excluding hydrogens is 224 g/mol. The van der Waals surface area contributed by atoms with E-state index >= 15 is 0 Å². The molecule has 1 unspecified atom stereocenters. The number of rotatable bonds is 4. The van der Waals surface area contributed by atoms with Crippen molar-refractivity contribution >= 4 is 11.4 Å². The molecule has 0 spiro atoms. The van der Waals surface area contributed by atoms with Gasteiger partial charge >= 0.3 is 0 Å². The molecular formula is C14H20N4. The van der Waals surface area contributed by atoms with Crippen LogP contribution in [0, 0.1) is 11.3 Å². The Kier molecular flexibility index (Phi) is 4.06. The van der Waals surface area contributed by atoms with Gasteiger partial charge in [-0.05, 0) is 51.1 Å². The first-order valence-corrected chi connectivity index (χ1v) is 6.47. The maximum absolute atomic E-state index is 8.79. The zero-order chi connectivity index (χ0) is 13.0. The zero-order valence-electron chi connectivity index (χ0n) is 10.8. The largest absolute Gasteiger partial charge is 0.397 e. The molecule has 1 heterocycles. The molecule has 4 nitrogen and oxygen atoms in total. The molecule has 1 atom stereocenters. The number of hydrogen-bond donors (Lipinski definition) is 2. The topological polar surface area (TPSA) is 65.1 Å². The van der Waals surface area contributed by atoms with Gasteiger partial charge in [-0.1, -0.05) is 0 Å². The SMILES string of the molecule is CC(CN1CCCC1)Nc1ccc(C#N)cc1N. The summed E-state index contributed by atoms with van der Waals surface area (Å²) < 4.78 is 0. The quantitative estimate of drug-likeness (QED) is 0.795. The molecule has 18 heavy (non-hydrogen) atoms. The Morgan fingerprint density at radius 2 is 2.17 bits per heavy atom. The summed E-state index contributed by atoms with van der Waals surface area (Å²) in [6.07, 6.45) is 2.62. The van der Waals surface area contributed by atoms with Crippen LogP contribution in [-0.4, -0.2) is 30.6 Å². The monoisotopic (exact) mass is 244 g/mol. The van der Waals surface area contributed by atoms with Gasteiger partial charge in [0.25, 0.3) is 0 Å². The number of hydrogen-bond acceptors (Lipinski definition) is 4. The average Bonchev–Trinajstić information content (AvgIpc) is 2.84. The van der Waals surface area contributed by atoms with E-state index in [2.05, 4.69) is 23.2 Å². The third kappa shape index (κ3) is 3.14. The lowest BCUT2D eigenvalue weighted by Crippen LogP contribution is -2.33. The first-order chi connectivity index (χ1) is 8.69. The minimum Gasteiger partial charge on any atom is -0.397 e. The third-order valence-electron chi connectivity index (χ3n) is 3.31. The predicted molar refractivity (Wildman–Crippen MR) is 74.3 cm³/mol. The van der Waals surface area contributed by atoms with Crippen LogP contribution in [0.2, 0.25) is 0 Å². The normalized spacial score (nSPS) is 17.3. The smallest absolute Gasteiger partial charge is 0.0992 e. The van der Waals surface area contributed by atoms with E-state index in [4.69, 9.17) is 11.0 Å². The minimum atomic E-state index is 0.360. The molecule has 96 valence electrons. The molecule has 0 amide bonds. The van der Waals surface area contributed by atoms with Crippen LogP contribution in [0.25, 0.3) is 0 Å². The molecule has 1 aliphatic rings. The molecule has 1 aromatic rings. The maximum atomic E-state index is 8.79. The Hall–Kier alpha value is -1.73. The number of nitrogen functional groups attached to an aromatic ring is 1. The summed E-state index contributed by atoms with van der Waals surface area (Å²) in [5.41, 5.74) is 8.09. The summed E-state index contributed by atoms with van der Waals surface area (Å²) in [5, 5.41) is 12.2. The van der Waals surface area contributed by atoms with E-state index in [-0.39, 0.29) is 0 Å². The number of nitrogens with two attached hydrogens (primary N) is 1. The van der Waals surface area contributed by atoms with Gasteiger partial charge in [0.1, 0.15) is 0 Å². The van der Waals surface area contributed by atoms with Gasteiger partial charge in [-0.2, -0.15) is 5.26 Å². The molecule has 1 fully saturated rings. The van der Waals surface area contributed by atoms with Gasteiger partial charge in [-0.3, -0.25) is 0 Å². The molecule has 4 heteroatoms. The fraction of sp³-hybridized carbons (Fsp3) is 0.500. The fourth-order valence-electron chi connectivity index (χ4n) is 2.43. The number of nitrogens with one attached hydrogen (secondary N) is 1. The molecule has 0 saturated carbocycles. The van der Waals surface area contributed by atoms with E-state index in [9.17, 15) is 0 Å². The van der Waals surface area contributed by atoms with Crippen molar-refractivity contribution in [1.29, 1.82) is 5.26 Å². The van der Waals surface area contributed by atoms with E-state index in [1.54, 1.807) is 12.1 Å². The van der Waals surface area contributed by atoms with Gasteiger partial charge in [0.2, 0.25) is 0 Å². The molecule has 1 saturated heterocycles. The van der Waals surface area contributed by atoms with Crippen molar-refractivity contribution < 1.29 is 0 Å². The Morgan fingerprint density at radius 3 is 2.78 bits per heavy atom. The molecule has 0 radical (unpaired) electrons. The van der Waals surface area contributed by atoms with Crippen LogP contribution in [0.3, 0.4) is 0 Å². The van der Waals surface area contributed by atoms with Crippen molar-refractivity contribution in [2.45, 2.75) is 25.8 Å². The van der Waals surface area contributed by atoms with E-state index in [0.717, 1.165) is 12.2 Å². The molecule has 3 N–H and O–H groups in total. The van der Waals surface area contributed by atoms with Crippen LogP contribution in [0.5, 0.6) is 0 Å². The fourth-order valence-corrected chi connectivity index (χ4v) is 2.43. The standard InChI is InChI=1S/C14H20N4/c1-11(10-18-6-2-3-7-18)17-14-5-4-12(9-15)8-13(14)16/h4-5,8,11,17H,2-3,6-7,10,16H2,1H3. The second kappa shape index (κ2) is 5.74. The molecule has 2 rings (SSSR count). The predicted octanol–water partition coefficient (Wildman–Crippen LogP) is 2.04. The molecule has 0 bridgehead atoms. The lowest BCUT2D eigenvalue weighted by Gasteiger charge is -2.22. The number of anilines is 2. The van der Waals surface area contributed by atoms with Gasteiger partial charge < -0.3 is 16.0 Å². The summed E-state index contributed by atoms with van der Waals surface area (Å²) in [7, 11) is 0. The van der Waals surface area contributed by atoms with Crippen molar-refractivity contribution in [3.8, 4) is 6.07 Å².